The molecule has 2 unspecified atom stereocenters. The molecule has 0 aromatic rings. The van der Waals surface area contributed by atoms with Gasteiger partial charge in [-0.2, -0.15) is 0 Å². The average molecular weight is 834 g/mol. The fourth-order valence-electron chi connectivity index (χ4n) is 8.66. The van der Waals surface area contributed by atoms with Crippen molar-refractivity contribution in [3.8, 4) is 0 Å². The van der Waals surface area contributed by atoms with E-state index in [2.05, 4.69) is 39.5 Å². The monoisotopic (exact) mass is 834 g/mol. The molecule has 0 aliphatic carbocycles. The molecular weight excluding hydrogens is 731 g/mol. The van der Waals surface area contributed by atoms with Crippen LogP contribution < -0.4 is 0 Å². The maximum Gasteiger partial charge on any atom is 0.308 e. The molecule has 350 valence electrons. The Labute approximate surface area is 368 Å². The second-order valence-corrected chi connectivity index (χ2v) is 18.4. The normalized spacial score (nSPS) is 13.0. The van der Waals surface area contributed by atoms with Crippen LogP contribution in [0.15, 0.2) is 0 Å². The van der Waals surface area contributed by atoms with E-state index in [9.17, 15) is 14.4 Å². The lowest BCUT2D eigenvalue weighted by molar-refractivity contribution is -0.150. The molecule has 1 amide bonds. The van der Waals surface area contributed by atoms with Gasteiger partial charge >= 0.3 is 11.9 Å². The number of hydrogen-bond acceptors (Lipinski definition) is 5. The molecule has 59 heavy (non-hydrogen) atoms. The summed E-state index contributed by atoms with van der Waals surface area (Å²) < 4.78 is 11.5. The highest BCUT2D eigenvalue weighted by atomic mass is 16.5. The molecule has 0 saturated heterocycles. The van der Waals surface area contributed by atoms with Gasteiger partial charge in [0.05, 0.1) is 25.0 Å². The number of unbranched alkanes of at least 4 members (excludes halogenated alkanes) is 26. The van der Waals surface area contributed by atoms with Gasteiger partial charge in [-0.3, -0.25) is 14.4 Å². The number of ether oxygens (including phenoxy) is 2. The Morgan fingerprint density at radius 2 is 0.661 bits per heavy atom. The van der Waals surface area contributed by atoms with Crippen LogP contribution in [0, 0.1) is 11.8 Å². The van der Waals surface area contributed by atoms with Gasteiger partial charge in [0.25, 0.3) is 0 Å². The highest BCUT2D eigenvalue weighted by molar-refractivity contribution is 5.72. The van der Waals surface area contributed by atoms with E-state index in [1.165, 1.54) is 141 Å². The van der Waals surface area contributed by atoms with Gasteiger partial charge in [0.2, 0.25) is 6.41 Å². The third kappa shape index (κ3) is 36.8. The number of hydrogen-bond donors (Lipinski definition) is 0. The predicted molar refractivity (Wildman–Crippen MR) is 254 cm³/mol. The number of rotatable bonds is 48. The summed E-state index contributed by atoms with van der Waals surface area (Å²) in [4.78, 5) is 40.0. The number of carbonyl (C=O) groups excluding carboxylic acids is 3. The van der Waals surface area contributed by atoms with Gasteiger partial charge in [-0.25, -0.2) is 0 Å². The standard InChI is InChI=1S/C53H103NO5/c1-6-11-16-19-24-29-36-45-54(48-55)51(43-34-27-22-20-25-30-37-46-58-52(56)49(39-14-9-4)41-32-17-12-7-2)44-35-28-23-21-26-31-38-47-59-53(57)50(40-15-10-5)42-33-18-13-8-3/h48-51H,6-47H2,1-5H3. The van der Waals surface area contributed by atoms with Crippen LogP contribution in [-0.4, -0.2) is 49.0 Å². The van der Waals surface area contributed by atoms with E-state index in [0.29, 0.717) is 19.3 Å². The molecule has 0 saturated carbocycles. The molecule has 0 spiro atoms. The van der Waals surface area contributed by atoms with Gasteiger partial charge in [-0.1, -0.05) is 227 Å². The molecule has 0 heterocycles. The van der Waals surface area contributed by atoms with Gasteiger partial charge in [-0.05, 0) is 57.8 Å². The molecule has 0 aliphatic heterocycles. The molecule has 6 heteroatoms. The summed E-state index contributed by atoms with van der Waals surface area (Å²) in [7, 11) is 0. The highest BCUT2D eigenvalue weighted by Crippen LogP contribution is 2.22. The van der Waals surface area contributed by atoms with Crippen molar-refractivity contribution in [3.63, 3.8) is 0 Å². The Morgan fingerprint density at radius 1 is 0.373 bits per heavy atom. The van der Waals surface area contributed by atoms with Crippen LogP contribution >= 0.6 is 0 Å². The van der Waals surface area contributed by atoms with Crippen molar-refractivity contribution in [2.75, 3.05) is 19.8 Å². The average Bonchev–Trinajstić information content (AvgIpc) is 3.24. The van der Waals surface area contributed by atoms with Crippen LogP contribution in [-0.2, 0) is 23.9 Å². The minimum Gasteiger partial charge on any atom is -0.465 e. The van der Waals surface area contributed by atoms with Gasteiger partial charge < -0.3 is 14.4 Å². The fraction of sp³-hybridized carbons (Fsp3) is 0.943. The molecule has 0 rings (SSSR count). The zero-order chi connectivity index (χ0) is 43.3. The summed E-state index contributed by atoms with van der Waals surface area (Å²) in [6.45, 7) is 13.2. The number of nitrogens with zero attached hydrogens (tertiary/aromatic N) is 1. The predicted octanol–water partition coefficient (Wildman–Crippen LogP) is 16.4. The quantitative estimate of drug-likeness (QED) is 0.0347. The number of esters is 2. The Kier molecular flexibility index (Phi) is 44.7. The Morgan fingerprint density at radius 3 is 1.03 bits per heavy atom. The summed E-state index contributed by atoms with van der Waals surface area (Å²) in [5, 5.41) is 0. The Hall–Kier alpha value is -1.59. The van der Waals surface area contributed by atoms with E-state index in [0.717, 1.165) is 122 Å². The van der Waals surface area contributed by atoms with Crippen molar-refractivity contribution in [3.05, 3.63) is 0 Å². The second-order valence-electron chi connectivity index (χ2n) is 18.4. The lowest BCUT2D eigenvalue weighted by atomic mass is 9.95. The molecular formula is C53H103NO5. The third-order valence-electron chi connectivity index (χ3n) is 12.8. The van der Waals surface area contributed by atoms with Crippen molar-refractivity contribution in [2.24, 2.45) is 11.8 Å². The van der Waals surface area contributed by atoms with Crippen LogP contribution in [0.1, 0.15) is 285 Å². The number of carbonyl (C=O) groups is 3. The first-order valence-corrected chi connectivity index (χ1v) is 26.5. The molecule has 0 fully saturated rings. The summed E-state index contributed by atoms with van der Waals surface area (Å²) in [5.74, 6) is 0.289. The minimum absolute atomic E-state index is 0.0475. The molecule has 0 radical (unpaired) electrons. The smallest absolute Gasteiger partial charge is 0.308 e. The van der Waals surface area contributed by atoms with Crippen LogP contribution in [0.5, 0.6) is 0 Å². The van der Waals surface area contributed by atoms with Crippen LogP contribution in [0.2, 0.25) is 0 Å². The summed E-state index contributed by atoms with van der Waals surface area (Å²) in [6.07, 6.45) is 47.0. The van der Waals surface area contributed by atoms with Crippen molar-refractivity contribution < 1.29 is 23.9 Å². The van der Waals surface area contributed by atoms with Crippen LogP contribution in [0.25, 0.3) is 0 Å². The van der Waals surface area contributed by atoms with E-state index in [-0.39, 0.29) is 23.8 Å². The van der Waals surface area contributed by atoms with Crippen molar-refractivity contribution in [1.29, 1.82) is 0 Å². The van der Waals surface area contributed by atoms with E-state index in [4.69, 9.17) is 9.47 Å². The minimum atomic E-state index is 0.0475. The SMILES string of the molecule is CCCCCCCCCN(C=O)C(CCCCCCCCCOC(=O)C(CCCC)CCCCCC)CCCCCCCCCOC(=O)C(CCCC)CCCCCC. The molecule has 0 aromatic carbocycles. The zero-order valence-corrected chi connectivity index (χ0v) is 40.5. The topological polar surface area (TPSA) is 72.9 Å². The van der Waals surface area contributed by atoms with E-state index < -0.39 is 0 Å². The largest absolute Gasteiger partial charge is 0.465 e. The van der Waals surface area contributed by atoms with Gasteiger partial charge in [-0.15, -0.1) is 0 Å². The lowest BCUT2D eigenvalue weighted by Crippen LogP contribution is -2.35. The van der Waals surface area contributed by atoms with Gasteiger partial charge in [0.15, 0.2) is 0 Å². The van der Waals surface area contributed by atoms with Crippen molar-refractivity contribution in [2.45, 2.75) is 291 Å². The first-order chi connectivity index (χ1) is 29.0. The second kappa shape index (κ2) is 45.9. The van der Waals surface area contributed by atoms with E-state index in [1.807, 2.05) is 0 Å². The molecule has 0 aliphatic rings. The van der Waals surface area contributed by atoms with Crippen molar-refractivity contribution >= 4 is 18.3 Å². The molecule has 2 atom stereocenters. The lowest BCUT2D eigenvalue weighted by Gasteiger charge is -2.29. The Bertz CT molecular complexity index is 839. The zero-order valence-electron chi connectivity index (χ0n) is 40.5. The van der Waals surface area contributed by atoms with Gasteiger partial charge in [0, 0.05) is 12.6 Å². The molecule has 0 N–H and O–H groups in total. The van der Waals surface area contributed by atoms with Crippen molar-refractivity contribution in [1.82, 2.24) is 4.90 Å². The number of amides is 1. The van der Waals surface area contributed by atoms with Gasteiger partial charge in [0.1, 0.15) is 0 Å². The highest BCUT2D eigenvalue weighted by Gasteiger charge is 2.20. The molecule has 0 aromatic heterocycles. The summed E-state index contributed by atoms with van der Waals surface area (Å²) in [5.41, 5.74) is 0. The summed E-state index contributed by atoms with van der Waals surface area (Å²) >= 11 is 0. The maximum atomic E-state index is 12.8. The van der Waals surface area contributed by atoms with Crippen LogP contribution in [0.3, 0.4) is 0 Å². The maximum absolute atomic E-state index is 12.8. The Balaban J connectivity index is 4.47. The third-order valence-corrected chi connectivity index (χ3v) is 12.8. The molecule has 0 bridgehead atoms. The fourth-order valence-corrected chi connectivity index (χ4v) is 8.66. The summed E-state index contributed by atoms with van der Waals surface area (Å²) in [6, 6.07) is 0.373. The van der Waals surface area contributed by atoms with E-state index >= 15 is 0 Å². The van der Waals surface area contributed by atoms with E-state index in [1.54, 1.807) is 0 Å². The first kappa shape index (κ1) is 57.4. The molecule has 6 nitrogen and oxygen atoms in total. The first-order valence-electron chi connectivity index (χ1n) is 26.5. The van der Waals surface area contributed by atoms with Crippen LogP contribution in [0.4, 0.5) is 0 Å².